The van der Waals surface area contributed by atoms with Gasteiger partial charge in [0.1, 0.15) is 0 Å². The topological polar surface area (TPSA) is 29.1 Å². The van der Waals surface area contributed by atoms with Crippen molar-refractivity contribution >= 4 is 16.8 Å². The van der Waals surface area contributed by atoms with Gasteiger partial charge in [0, 0.05) is 12.7 Å². The van der Waals surface area contributed by atoms with Crippen LogP contribution in [0.4, 0.5) is 0 Å². The Kier molecular flexibility index (Phi) is 4.04. The molecule has 2 nitrogen and oxygen atoms in total. The first-order valence-corrected chi connectivity index (χ1v) is 7.35. The van der Waals surface area contributed by atoms with Crippen LogP contribution in [0.15, 0.2) is 53.3 Å². The van der Waals surface area contributed by atoms with Crippen molar-refractivity contribution in [1.82, 2.24) is 5.32 Å². The number of thiol groups is 1. The van der Waals surface area contributed by atoms with Crippen LogP contribution in [-0.2, 0) is 4.79 Å². The quantitative estimate of drug-likeness (QED) is 0.787. The van der Waals surface area contributed by atoms with Crippen molar-refractivity contribution in [3.8, 4) is 0 Å². The molecule has 0 fully saturated rings. The molecular weight excluding hydrogens is 230 g/mol. The molecule has 90 valence electrons. The van der Waals surface area contributed by atoms with Gasteiger partial charge in [-0.3, -0.25) is 4.79 Å². The fourth-order valence-corrected chi connectivity index (χ4v) is 3.58. The Morgan fingerprint density at radius 2 is 1.88 bits per heavy atom. The van der Waals surface area contributed by atoms with Crippen LogP contribution in [0.1, 0.15) is 18.5 Å². The summed E-state index contributed by atoms with van der Waals surface area (Å²) in [6.07, 6.45) is 4.17. The maximum absolute atomic E-state index is 11.3. The summed E-state index contributed by atoms with van der Waals surface area (Å²) >= 11 is 0. The van der Waals surface area contributed by atoms with E-state index in [-0.39, 0.29) is 22.8 Å². The minimum absolute atomic E-state index is 0.0287. The fraction of sp³-hybridized carbons (Fsp3) is 0.214. The van der Waals surface area contributed by atoms with Crippen LogP contribution in [0, 0.1) is 0 Å². The second-order valence-electron chi connectivity index (χ2n) is 4.04. The van der Waals surface area contributed by atoms with Gasteiger partial charge in [0.15, 0.2) is 0 Å². The van der Waals surface area contributed by atoms with Gasteiger partial charge < -0.3 is 5.32 Å². The van der Waals surface area contributed by atoms with Gasteiger partial charge >= 0.3 is 0 Å². The lowest BCUT2D eigenvalue weighted by molar-refractivity contribution is -0.119. The number of allylic oxidation sites excluding steroid dienone is 2. The number of carbonyl (C=O) groups is 1. The molecule has 2 rings (SSSR count). The van der Waals surface area contributed by atoms with Crippen molar-refractivity contribution in [1.29, 1.82) is 0 Å². The van der Waals surface area contributed by atoms with Crippen molar-refractivity contribution in [3.05, 3.63) is 58.9 Å². The summed E-state index contributed by atoms with van der Waals surface area (Å²) in [5.74, 6) is 1.01. The minimum Gasteiger partial charge on any atom is -0.349 e. The molecule has 1 atom stereocenters. The summed E-state index contributed by atoms with van der Waals surface area (Å²) in [5, 5.41) is 7.49. The molecule has 0 radical (unpaired) electrons. The highest BCUT2D eigenvalue weighted by atomic mass is 32.2. The van der Waals surface area contributed by atoms with Gasteiger partial charge in [-0.05, 0) is 16.4 Å². The van der Waals surface area contributed by atoms with E-state index >= 15 is 0 Å². The minimum atomic E-state index is -0.215. The van der Waals surface area contributed by atoms with Gasteiger partial charge in [0.05, 0.1) is 6.04 Å². The summed E-state index contributed by atoms with van der Waals surface area (Å²) in [6, 6.07) is 10.3. The highest BCUT2D eigenvalue weighted by Crippen LogP contribution is 2.36. The number of rotatable bonds is 4. The molecule has 1 aliphatic rings. The maximum Gasteiger partial charge on any atom is 0.217 e. The Bertz CT molecular complexity index is 427. The van der Waals surface area contributed by atoms with Gasteiger partial charge in [-0.1, -0.05) is 42.5 Å². The SMILES string of the molecule is CC(=O)NC(C[SH]1C=CC=C1)c1ccccc1. The van der Waals surface area contributed by atoms with E-state index in [1.807, 2.05) is 18.2 Å². The van der Waals surface area contributed by atoms with Crippen LogP contribution in [-0.4, -0.2) is 11.7 Å². The number of carbonyl (C=O) groups excluding carboxylic acids is 1. The molecule has 1 heterocycles. The number of hydrogen-bond acceptors (Lipinski definition) is 1. The van der Waals surface area contributed by atoms with Crippen molar-refractivity contribution < 1.29 is 4.79 Å². The molecule has 1 aromatic carbocycles. The third-order valence-corrected chi connectivity index (χ3v) is 4.54. The standard InChI is InChI=1S/C14H17NOS/c1-12(16)15-14(11-17-9-5-6-10-17)13-7-3-2-4-8-13/h2-10,14,17H,11H2,1H3,(H,15,16). The van der Waals surface area contributed by atoms with Crippen LogP contribution in [0.2, 0.25) is 0 Å². The predicted octanol–water partition coefficient (Wildman–Crippen LogP) is 2.91. The molecule has 1 aliphatic heterocycles. The number of benzene rings is 1. The Labute approximate surface area is 105 Å². The van der Waals surface area contributed by atoms with E-state index < -0.39 is 0 Å². The first-order valence-electron chi connectivity index (χ1n) is 5.68. The molecule has 0 aliphatic carbocycles. The van der Waals surface area contributed by atoms with E-state index in [0.717, 1.165) is 5.75 Å². The summed E-state index contributed by atoms with van der Waals surface area (Å²) in [4.78, 5) is 11.3. The first kappa shape index (κ1) is 12.0. The van der Waals surface area contributed by atoms with Crippen LogP contribution in [0.5, 0.6) is 0 Å². The lowest BCUT2D eigenvalue weighted by Gasteiger charge is -2.22. The maximum atomic E-state index is 11.3. The van der Waals surface area contributed by atoms with Crippen LogP contribution in [0.25, 0.3) is 0 Å². The molecule has 1 unspecified atom stereocenters. The molecule has 1 N–H and O–H groups in total. The summed E-state index contributed by atoms with van der Waals surface area (Å²) in [5.41, 5.74) is 1.18. The molecule has 3 heteroatoms. The van der Waals surface area contributed by atoms with Gasteiger partial charge in [-0.15, -0.1) is 0 Å². The third kappa shape index (κ3) is 3.49. The Morgan fingerprint density at radius 1 is 1.24 bits per heavy atom. The second-order valence-corrected chi connectivity index (χ2v) is 6.03. The first-order chi connectivity index (χ1) is 8.25. The second kappa shape index (κ2) is 5.73. The molecule has 0 saturated heterocycles. The van der Waals surface area contributed by atoms with Crippen molar-refractivity contribution in [2.75, 3.05) is 5.75 Å². The Morgan fingerprint density at radius 3 is 2.47 bits per heavy atom. The number of amides is 1. The van der Waals surface area contributed by atoms with E-state index in [1.165, 1.54) is 5.56 Å². The van der Waals surface area contributed by atoms with E-state index in [1.54, 1.807) is 6.92 Å². The van der Waals surface area contributed by atoms with Gasteiger partial charge in [0.25, 0.3) is 0 Å². The summed E-state index contributed by atoms with van der Waals surface area (Å²) < 4.78 is 0. The molecule has 0 saturated carbocycles. The smallest absolute Gasteiger partial charge is 0.217 e. The lowest BCUT2D eigenvalue weighted by Crippen LogP contribution is -2.28. The highest BCUT2D eigenvalue weighted by molar-refractivity contribution is 8.22. The van der Waals surface area contributed by atoms with E-state index in [2.05, 4.69) is 40.4 Å². The average Bonchev–Trinajstić information content (AvgIpc) is 2.82. The van der Waals surface area contributed by atoms with Gasteiger partial charge in [-0.25, -0.2) is 10.9 Å². The Hall–Kier alpha value is -1.48. The molecule has 17 heavy (non-hydrogen) atoms. The molecule has 0 aromatic heterocycles. The zero-order valence-electron chi connectivity index (χ0n) is 9.84. The zero-order chi connectivity index (χ0) is 12.1. The van der Waals surface area contributed by atoms with Gasteiger partial charge in [0.2, 0.25) is 5.91 Å². The number of nitrogens with one attached hydrogen (secondary N) is 1. The molecule has 1 amide bonds. The van der Waals surface area contributed by atoms with Crippen molar-refractivity contribution in [2.24, 2.45) is 0 Å². The van der Waals surface area contributed by atoms with Crippen molar-refractivity contribution in [2.45, 2.75) is 13.0 Å². The lowest BCUT2D eigenvalue weighted by atomic mass is 10.1. The van der Waals surface area contributed by atoms with Gasteiger partial charge in [-0.2, -0.15) is 0 Å². The Balaban J connectivity index is 2.10. The van der Waals surface area contributed by atoms with E-state index in [4.69, 9.17) is 0 Å². The molecule has 0 spiro atoms. The average molecular weight is 247 g/mol. The molecule has 0 bridgehead atoms. The number of hydrogen-bond donors (Lipinski definition) is 2. The van der Waals surface area contributed by atoms with E-state index in [0.29, 0.717) is 0 Å². The van der Waals surface area contributed by atoms with Crippen LogP contribution in [0.3, 0.4) is 0 Å². The largest absolute Gasteiger partial charge is 0.349 e. The third-order valence-electron chi connectivity index (χ3n) is 2.64. The highest BCUT2D eigenvalue weighted by Gasteiger charge is 2.14. The molecule has 1 aromatic rings. The monoisotopic (exact) mass is 247 g/mol. The normalized spacial score (nSPS) is 17.1. The van der Waals surface area contributed by atoms with E-state index in [9.17, 15) is 4.79 Å². The van der Waals surface area contributed by atoms with Crippen molar-refractivity contribution in [3.63, 3.8) is 0 Å². The fourth-order valence-electron chi connectivity index (χ4n) is 1.87. The summed E-state index contributed by atoms with van der Waals surface area (Å²) in [6.45, 7) is 1.57. The molecular formula is C14H17NOS. The predicted molar refractivity (Wildman–Crippen MR) is 75.1 cm³/mol. The van der Waals surface area contributed by atoms with Crippen LogP contribution < -0.4 is 5.32 Å². The van der Waals surface area contributed by atoms with Crippen LogP contribution >= 0.6 is 10.9 Å². The summed E-state index contributed by atoms with van der Waals surface area (Å²) in [7, 11) is -0.215. The zero-order valence-corrected chi connectivity index (χ0v) is 10.7.